The Balaban J connectivity index is 2.12. The van der Waals surface area contributed by atoms with Crippen molar-refractivity contribution < 1.29 is 17.6 Å². The van der Waals surface area contributed by atoms with Crippen molar-refractivity contribution in [3.63, 3.8) is 0 Å². The van der Waals surface area contributed by atoms with E-state index in [1.54, 1.807) is 19.1 Å². The molecule has 0 saturated carbocycles. The van der Waals surface area contributed by atoms with Crippen molar-refractivity contribution in [3.8, 4) is 0 Å². The molecule has 0 aromatic heterocycles. The van der Waals surface area contributed by atoms with Gasteiger partial charge in [-0.1, -0.05) is 40.9 Å². The SMILES string of the molecule is Cc1ccc(S(=O)(=O)ON=C(N)NN=Cc2c(Cl)ccc(Cl)c2[N+](=O)[O-])cc1. The Morgan fingerprint density at radius 3 is 2.43 bits per heavy atom. The Bertz CT molecular complexity index is 1060. The predicted molar refractivity (Wildman–Crippen MR) is 105 cm³/mol. The molecule has 0 aliphatic heterocycles. The molecule has 2 aromatic rings. The molecular weight excluding hydrogens is 433 g/mol. The van der Waals surface area contributed by atoms with Gasteiger partial charge in [0.15, 0.2) is 0 Å². The van der Waals surface area contributed by atoms with Gasteiger partial charge in [-0.2, -0.15) is 13.5 Å². The first-order valence-electron chi connectivity index (χ1n) is 7.37. The third-order valence-electron chi connectivity index (χ3n) is 3.21. The number of aryl methyl sites for hydroxylation is 1. The molecule has 28 heavy (non-hydrogen) atoms. The van der Waals surface area contributed by atoms with E-state index in [1.165, 1.54) is 24.3 Å². The lowest BCUT2D eigenvalue weighted by molar-refractivity contribution is -0.384. The number of nitrogens with one attached hydrogen (secondary N) is 1. The van der Waals surface area contributed by atoms with E-state index in [0.717, 1.165) is 11.8 Å². The largest absolute Gasteiger partial charge is 0.366 e. The van der Waals surface area contributed by atoms with E-state index in [2.05, 4.69) is 20.0 Å². The van der Waals surface area contributed by atoms with Crippen LogP contribution < -0.4 is 11.2 Å². The van der Waals surface area contributed by atoms with Crippen LogP contribution in [0.15, 0.2) is 51.6 Å². The quantitative estimate of drug-likeness (QED) is 0.300. The highest BCUT2D eigenvalue weighted by molar-refractivity contribution is 7.86. The number of hydrazone groups is 1. The van der Waals surface area contributed by atoms with E-state index in [9.17, 15) is 18.5 Å². The van der Waals surface area contributed by atoms with Crippen LogP contribution in [0.1, 0.15) is 11.1 Å². The summed E-state index contributed by atoms with van der Waals surface area (Å²) in [6, 6.07) is 8.50. The number of hydrogen-bond donors (Lipinski definition) is 2. The highest BCUT2D eigenvalue weighted by Gasteiger charge is 2.20. The highest BCUT2D eigenvalue weighted by atomic mass is 35.5. The molecule has 0 bridgehead atoms. The Labute approximate surface area is 169 Å². The number of guanidine groups is 1. The zero-order valence-electron chi connectivity index (χ0n) is 14.2. The van der Waals surface area contributed by atoms with Crippen LogP contribution in [-0.2, 0) is 14.4 Å². The fourth-order valence-electron chi connectivity index (χ4n) is 1.89. The van der Waals surface area contributed by atoms with Crippen LogP contribution in [0.2, 0.25) is 10.0 Å². The second-order valence-electron chi connectivity index (χ2n) is 5.24. The average Bonchev–Trinajstić information content (AvgIpc) is 2.63. The summed E-state index contributed by atoms with van der Waals surface area (Å²) >= 11 is 11.7. The Morgan fingerprint density at radius 1 is 1.21 bits per heavy atom. The molecule has 3 N–H and O–H groups in total. The van der Waals surface area contributed by atoms with Crippen LogP contribution in [0.5, 0.6) is 0 Å². The molecule has 2 aromatic carbocycles. The normalized spacial score (nSPS) is 12.2. The van der Waals surface area contributed by atoms with E-state index in [4.69, 9.17) is 28.9 Å². The first-order valence-corrected chi connectivity index (χ1v) is 9.53. The fraction of sp³-hybridized carbons (Fsp3) is 0.0667. The molecule has 0 radical (unpaired) electrons. The zero-order valence-corrected chi connectivity index (χ0v) is 16.5. The first kappa shape index (κ1) is 21.4. The second-order valence-corrected chi connectivity index (χ2v) is 7.58. The lowest BCUT2D eigenvalue weighted by Gasteiger charge is -2.04. The van der Waals surface area contributed by atoms with E-state index < -0.39 is 26.7 Å². The van der Waals surface area contributed by atoms with Crippen LogP contribution in [0.3, 0.4) is 0 Å². The van der Waals surface area contributed by atoms with Gasteiger partial charge in [0.25, 0.3) is 11.6 Å². The summed E-state index contributed by atoms with van der Waals surface area (Å²) < 4.78 is 28.4. The molecular formula is C15H13Cl2N5O5S. The number of nitro benzene ring substituents is 1. The standard InChI is InChI=1S/C15H13Cl2N5O5S/c1-9-2-4-10(5-3-9)28(25,26)27-21-15(18)20-19-8-11-12(16)6-7-13(17)14(11)22(23)24/h2-8H,1H3,(H3,18,20,21). The molecule has 0 spiro atoms. The average molecular weight is 446 g/mol. The van der Waals surface area contributed by atoms with Gasteiger partial charge in [0.05, 0.1) is 21.7 Å². The third-order valence-corrected chi connectivity index (χ3v) is 4.97. The zero-order chi connectivity index (χ0) is 20.9. The van der Waals surface area contributed by atoms with E-state index >= 15 is 0 Å². The Kier molecular flexibility index (Phi) is 6.78. The predicted octanol–water partition coefficient (Wildman–Crippen LogP) is 2.77. The summed E-state index contributed by atoms with van der Waals surface area (Å²) in [6.45, 7) is 1.80. The lowest BCUT2D eigenvalue weighted by Crippen LogP contribution is -2.28. The summed E-state index contributed by atoms with van der Waals surface area (Å²) in [5, 5.41) is 17.8. The Morgan fingerprint density at radius 2 is 1.82 bits per heavy atom. The molecule has 2 rings (SSSR count). The van der Waals surface area contributed by atoms with Crippen molar-refractivity contribution in [2.75, 3.05) is 0 Å². The summed E-state index contributed by atoms with van der Waals surface area (Å²) in [5.74, 6) is -0.521. The van der Waals surface area contributed by atoms with Gasteiger partial charge in [0, 0.05) is 0 Å². The van der Waals surface area contributed by atoms with Crippen molar-refractivity contribution in [1.29, 1.82) is 0 Å². The maximum absolute atomic E-state index is 12.0. The summed E-state index contributed by atoms with van der Waals surface area (Å²) in [7, 11) is -4.17. The fourth-order valence-corrected chi connectivity index (χ4v) is 3.05. The van der Waals surface area contributed by atoms with Gasteiger partial charge in [0.1, 0.15) is 9.92 Å². The minimum absolute atomic E-state index is 0.0235. The van der Waals surface area contributed by atoms with Crippen LogP contribution in [0.4, 0.5) is 5.69 Å². The van der Waals surface area contributed by atoms with Gasteiger partial charge in [-0.3, -0.25) is 14.4 Å². The number of oxime groups is 1. The number of rotatable bonds is 6. The van der Waals surface area contributed by atoms with Gasteiger partial charge in [-0.05, 0) is 36.3 Å². The van der Waals surface area contributed by atoms with Crippen molar-refractivity contribution in [3.05, 3.63) is 67.7 Å². The van der Waals surface area contributed by atoms with Gasteiger partial charge < -0.3 is 5.73 Å². The molecule has 0 fully saturated rings. The number of nitro groups is 1. The molecule has 0 unspecified atom stereocenters. The maximum atomic E-state index is 12.0. The number of halogens is 2. The molecule has 0 aliphatic carbocycles. The van der Waals surface area contributed by atoms with Gasteiger partial charge >= 0.3 is 10.1 Å². The first-order chi connectivity index (χ1) is 13.1. The van der Waals surface area contributed by atoms with Crippen molar-refractivity contribution in [1.82, 2.24) is 5.43 Å². The molecule has 0 saturated heterocycles. The second kappa shape index (κ2) is 8.87. The van der Waals surface area contributed by atoms with E-state index in [0.29, 0.717) is 0 Å². The molecule has 0 atom stereocenters. The number of nitrogens with two attached hydrogens (primary N) is 1. The van der Waals surface area contributed by atoms with Crippen molar-refractivity contribution >= 4 is 51.2 Å². The topological polar surface area (TPSA) is 149 Å². The minimum Gasteiger partial charge on any atom is -0.366 e. The molecule has 10 nitrogen and oxygen atoms in total. The highest BCUT2D eigenvalue weighted by Crippen LogP contribution is 2.32. The summed E-state index contributed by atoms with van der Waals surface area (Å²) in [4.78, 5) is 10.3. The van der Waals surface area contributed by atoms with Crippen molar-refractivity contribution in [2.45, 2.75) is 11.8 Å². The minimum atomic E-state index is -4.17. The smallest absolute Gasteiger partial charge is 0.358 e. The van der Waals surface area contributed by atoms with Gasteiger partial charge in [-0.15, -0.1) is 0 Å². The number of nitrogens with zero attached hydrogens (tertiary/aromatic N) is 3. The van der Waals surface area contributed by atoms with E-state index in [-0.39, 0.29) is 20.5 Å². The molecule has 0 amide bonds. The van der Waals surface area contributed by atoms with Crippen LogP contribution in [-0.4, -0.2) is 25.5 Å². The van der Waals surface area contributed by atoms with E-state index in [1.807, 2.05) is 0 Å². The van der Waals surface area contributed by atoms with Crippen LogP contribution in [0.25, 0.3) is 0 Å². The summed E-state index contributed by atoms with van der Waals surface area (Å²) in [6.07, 6.45) is 0.989. The van der Waals surface area contributed by atoms with Crippen LogP contribution >= 0.6 is 23.2 Å². The summed E-state index contributed by atoms with van der Waals surface area (Å²) in [5.41, 5.74) is 7.96. The van der Waals surface area contributed by atoms with Gasteiger partial charge in [0.2, 0.25) is 0 Å². The monoisotopic (exact) mass is 445 g/mol. The maximum Gasteiger partial charge on any atom is 0.358 e. The van der Waals surface area contributed by atoms with Crippen LogP contribution in [0, 0.1) is 17.0 Å². The van der Waals surface area contributed by atoms with Gasteiger partial charge in [-0.25, -0.2) is 5.43 Å². The molecule has 0 heterocycles. The lowest BCUT2D eigenvalue weighted by atomic mass is 10.2. The molecule has 148 valence electrons. The number of benzene rings is 2. The molecule has 0 aliphatic rings. The third kappa shape index (κ3) is 5.31. The Hall–Kier alpha value is -2.89. The molecule has 13 heteroatoms. The number of hydrogen-bond acceptors (Lipinski definition) is 7. The van der Waals surface area contributed by atoms with Crippen molar-refractivity contribution in [2.24, 2.45) is 16.0 Å².